The van der Waals surface area contributed by atoms with E-state index in [9.17, 15) is 22.7 Å². The molecule has 1 saturated heterocycles. The van der Waals surface area contributed by atoms with E-state index in [0.29, 0.717) is 37.5 Å². The molecular formula is C31H37FN2O4S3. The number of nitrogens with zero attached hydrogens (tertiary/aromatic N) is 1. The van der Waals surface area contributed by atoms with Crippen molar-refractivity contribution >= 4 is 45.1 Å². The first-order chi connectivity index (χ1) is 19.5. The van der Waals surface area contributed by atoms with Gasteiger partial charge < -0.3 is 15.3 Å². The molecule has 4 rings (SSSR count). The highest BCUT2D eigenvalue weighted by Crippen LogP contribution is 2.37. The van der Waals surface area contributed by atoms with Crippen molar-refractivity contribution in [2.45, 2.75) is 76.0 Å². The number of nitrogens with one attached hydrogen (secondary N) is 1. The van der Waals surface area contributed by atoms with Crippen molar-refractivity contribution in [1.82, 2.24) is 4.90 Å². The summed E-state index contributed by atoms with van der Waals surface area (Å²) in [6.07, 6.45) is 5.14. The Morgan fingerprint density at radius 1 is 0.927 bits per heavy atom. The van der Waals surface area contributed by atoms with Crippen LogP contribution in [0.15, 0.2) is 91.2 Å². The molecular weight excluding hydrogens is 580 g/mol. The number of halogens is 1. The fourth-order valence-electron chi connectivity index (χ4n) is 4.94. The number of aliphatic hydroxyl groups is 1. The highest BCUT2D eigenvalue weighted by Gasteiger charge is 2.35. The van der Waals surface area contributed by atoms with Crippen molar-refractivity contribution in [3.05, 3.63) is 72.5 Å². The minimum atomic E-state index is -3.29. The summed E-state index contributed by atoms with van der Waals surface area (Å²) in [4.78, 5) is 18.7. The van der Waals surface area contributed by atoms with Crippen LogP contribution in [0.1, 0.15) is 46.0 Å². The number of carbonyl (C=O) groups is 1. The predicted molar refractivity (Wildman–Crippen MR) is 164 cm³/mol. The van der Waals surface area contributed by atoms with E-state index in [1.165, 1.54) is 41.9 Å². The molecule has 2 amide bonds. The normalized spacial score (nSPS) is 15.2. The van der Waals surface area contributed by atoms with Crippen LogP contribution in [-0.2, 0) is 9.84 Å². The Balaban J connectivity index is 1.50. The Labute approximate surface area is 251 Å². The highest BCUT2D eigenvalue weighted by molar-refractivity contribution is 8.00. The van der Waals surface area contributed by atoms with Gasteiger partial charge in [0.15, 0.2) is 9.84 Å². The lowest BCUT2D eigenvalue weighted by atomic mass is 9.81. The Bertz CT molecular complexity index is 1440. The van der Waals surface area contributed by atoms with Crippen LogP contribution in [0.3, 0.4) is 0 Å². The fraction of sp³-hybridized carbons (Fsp3) is 0.387. The zero-order valence-electron chi connectivity index (χ0n) is 23.6. The second-order valence-corrected chi connectivity index (χ2v) is 14.9. The summed E-state index contributed by atoms with van der Waals surface area (Å²) < 4.78 is 37.1. The van der Waals surface area contributed by atoms with Gasteiger partial charge in [-0.25, -0.2) is 17.6 Å². The van der Waals surface area contributed by atoms with Gasteiger partial charge in [0.05, 0.1) is 10.5 Å². The van der Waals surface area contributed by atoms with Gasteiger partial charge in [-0.1, -0.05) is 50.2 Å². The molecule has 0 radical (unpaired) electrons. The number of benzene rings is 3. The molecule has 1 aliphatic rings. The van der Waals surface area contributed by atoms with E-state index in [1.54, 1.807) is 41.3 Å². The van der Waals surface area contributed by atoms with E-state index in [1.807, 2.05) is 18.2 Å². The summed E-state index contributed by atoms with van der Waals surface area (Å²) in [6, 6.07) is 18.5. The Hall–Kier alpha value is -2.53. The van der Waals surface area contributed by atoms with Gasteiger partial charge in [-0.15, -0.1) is 0 Å². The maximum Gasteiger partial charge on any atom is 0.321 e. The van der Waals surface area contributed by atoms with Gasteiger partial charge in [0, 0.05) is 44.6 Å². The Morgan fingerprint density at radius 3 is 1.93 bits per heavy atom. The minimum absolute atomic E-state index is 0.216. The lowest BCUT2D eigenvalue weighted by molar-refractivity contribution is -0.0309. The second-order valence-electron chi connectivity index (χ2n) is 10.6. The number of hydrogen-bond donors (Lipinski definition) is 2. The van der Waals surface area contributed by atoms with Crippen molar-refractivity contribution in [3.8, 4) is 0 Å². The SMILES string of the molecule is CCC(CC)CC1(O)CCN(C(=O)Nc2cc(Sc3ccc(F)cc3)cc(Sc3ccc(S(C)(=O)=O)cc3)c2)CC1. The van der Waals surface area contributed by atoms with E-state index < -0.39 is 15.4 Å². The van der Waals surface area contributed by atoms with E-state index in [0.717, 1.165) is 38.8 Å². The monoisotopic (exact) mass is 616 g/mol. The molecule has 1 fully saturated rings. The molecule has 0 saturated carbocycles. The zero-order chi connectivity index (χ0) is 29.6. The van der Waals surface area contributed by atoms with Gasteiger partial charge >= 0.3 is 6.03 Å². The van der Waals surface area contributed by atoms with Gasteiger partial charge in [-0.3, -0.25) is 0 Å². The number of anilines is 1. The molecule has 41 heavy (non-hydrogen) atoms. The molecule has 3 aromatic carbocycles. The van der Waals surface area contributed by atoms with Crippen molar-refractivity contribution in [1.29, 1.82) is 0 Å². The molecule has 2 N–H and O–H groups in total. The van der Waals surface area contributed by atoms with Crippen molar-refractivity contribution in [2.24, 2.45) is 5.92 Å². The average Bonchev–Trinajstić information content (AvgIpc) is 2.93. The number of piperidine rings is 1. The third-order valence-electron chi connectivity index (χ3n) is 7.47. The fourth-order valence-corrected chi connectivity index (χ4v) is 7.48. The van der Waals surface area contributed by atoms with Crippen LogP contribution < -0.4 is 5.32 Å². The molecule has 1 aliphatic heterocycles. The quantitative estimate of drug-likeness (QED) is 0.243. The summed E-state index contributed by atoms with van der Waals surface area (Å²) in [7, 11) is -3.29. The average molecular weight is 617 g/mol. The van der Waals surface area contributed by atoms with Gasteiger partial charge in [-0.05, 0) is 91.9 Å². The van der Waals surface area contributed by atoms with Crippen LogP contribution in [0, 0.1) is 11.7 Å². The first-order valence-electron chi connectivity index (χ1n) is 13.8. The van der Waals surface area contributed by atoms with Crippen molar-refractivity contribution < 1.29 is 22.7 Å². The molecule has 0 aliphatic carbocycles. The Kier molecular flexibility index (Phi) is 10.4. The third kappa shape index (κ3) is 8.98. The van der Waals surface area contributed by atoms with Crippen LogP contribution >= 0.6 is 23.5 Å². The maximum atomic E-state index is 13.4. The molecule has 220 valence electrons. The largest absolute Gasteiger partial charge is 0.390 e. The van der Waals surface area contributed by atoms with E-state index in [-0.39, 0.29) is 16.7 Å². The van der Waals surface area contributed by atoms with Gasteiger partial charge in [0.1, 0.15) is 5.82 Å². The molecule has 0 bridgehead atoms. The molecule has 6 nitrogen and oxygen atoms in total. The van der Waals surface area contributed by atoms with Crippen LogP contribution in [-0.4, -0.2) is 49.4 Å². The molecule has 1 heterocycles. The van der Waals surface area contributed by atoms with Crippen LogP contribution in [0.5, 0.6) is 0 Å². The number of rotatable bonds is 10. The van der Waals surface area contributed by atoms with E-state index >= 15 is 0 Å². The molecule has 0 atom stereocenters. The van der Waals surface area contributed by atoms with Gasteiger partial charge in [0.2, 0.25) is 0 Å². The van der Waals surface area contributed by atoms with Gasteiger partial charge in [-0.2, -0.15) is 0 Å². The topological polar surface area (TPSA) is 86.7 Å². The molecule has 3 aromatic rings. The first kappa shape index (κ1) is 31.4. The molecule has 0 aromatic heterocycles. The highest BCUT2D eigenvalue weighted by atomic mass is 32.2. The van der Waals surface area contributed by atoms with Crippen LogP contribution in [0.2, 0.25) is 0 Å². The molecule has 0 unspecified atom stereocenters. The number of hydrogen-bond acceptors (Lipinski definition) is 6. The lowest BCUT2D eigenvalue weighted by Gasteiger charge is -2.39. The molecule has 10 heteroatoms. The third-order valence-corrected chi connectivity index (χ3v) is 10.6. The number of sulfone groups is 1. The zero-order valence-corrected chi connectivity index (χ0v) is 26.0. The Morgan fingerprint density at radius 2 is 1.44 bits per heavy atom. The maximum absolute atomic E-state index is 13.4. The second kappa shape index (κ2) is 13.6. The summed E-state index contributed by atoms with van der Waals surface area (Å²) in [5.74, 6) is 0.178. The summed E-state index contributed by atoms with van der Waals surface area (Å²) in [6.45, 7) is 5.28. The summed E-state index contributed by atoms with van der Waals surface area (Å²) in [5.41, 5.74) is -0.106. The number of likely N-dealkylation sites (tertiary alicyclic amines) is 1. The first-order valence-corrected chi connectivity index (χ1v) is 17.3. The minimum Gasteiger partial charge on any atom is -0.390 e. The summed E-state index contributed by atoms with van der Waals surface area (Å²) >= 11 is 2.91. The lowest BCUT2D eigenvalue weighted by Crippen LogP contribution is -2.48. The van der Waals surface area contributed by atoms with E-state index in [2.05, 4.69) is 19.2 Å². The van der Waals surface area contributed by atoms with Crippen molar-refractivity contribution in [3.63, 3.8) is 0 Å². The van der Waals surface area contributed by atoms with Crippen molar-refractivity contribution in [2.75, 3.05) is 24.7 Å². The number of amides is 2. The standard InChI is InChI=1S/C31H37FN2O4S3/c1-4-22(5-2)21-31(36)14-16-34(17-15-31)30(35)33-24-18-27(39-25-8-6-23(32)7-9-25)20-28(19-24)40-26-10-12-29(13-11-26)41(3,37)38/h6-13,18-20,22,36H,4-5,14-17,21H2,1-3H3,(H,33,35). The smallest absolute Gasteiger partial charge is 0.321 e. The van der Waals surface area contributed by atoms with Crippen LogP contribution in [0.4, 0.5) is 14.9 Å². The van der Waals surface area contributed by atoms with Crippen LogP contribution in [0.25, 0.3) is 0 Å². The number of urea groups is 1. The predicted octanol–water partition coefficient (Wildman–Crippen LogP) is 7.72. The number of carbonyl (C=O) groups excluding carboxylic acids is 1. The molecule has 0 spiro atoms. The summed E-state index contributed by atoms with van der Waals surface area (Å²) in [5, 5.41) is 14.1. The van der Waals surface area contributed by atoms with Gasteiger partial charge in [0.25, 0.3) is 0 Å². The van der Waals surface area contributed by atoms with E-state index in [4.69, 9.17) is 0 Å².